The van der Waals surface area contributed by atoms with Crippen LogP contribution in [0.3, 0.4) is 0 Å². The van der Waals surface area contributed by atoms with Gasteiger partial charge in [-0.15, -0.1) is 25.5 Å². The van der Waals surface area contributed by atoms with E-state index in [1.165, 1.54) is 0 Å². The van der Waals surface area contributed by atoms with Gasteiger partial charge in [0.15, 0.2) is 15.5 Å². The highest BCUT2D eigenvalue weighted by molar-refractivity contribution is 6.33. The number of hydrogen-bond donors (Lipinski definition) is 1. The van der Waals surface area contributed by atoms with E-state index in [-0.39, 0.29) is 15.9 Å². The third kappa shape index (κ3) is 7.19. The molecule has 0 saturated carbocycles. The molecule has 9 nitrogen and oxygen atoms in total. The second kappa shape index (κ2) is 14.2. The summed E-state index contributed by atoms with van der Waals surface area (Å²) >= 11 is 30.0. The molecule has 0 saturated heterocycles. The fourth-order valence-electron chi connectivity index (χ4n) is 4.82. The molecule has 0 amide bonds. The van der Waals surface area contributed by atoms with E-state index < -0.39 is 0 Å². The Labute approximate surface area is 288 Å². The third-order valence-corrected chi connectivity index (χ3v) is 8.06. The molecule has 6 aromatic rings. The lowest BCUT2D eigenvalue weighted by molar-refractivity contribution is 0.941. The van der Waals surface area contributed by atoms with Crippen molar-refractivity contribution in [3.8, 4) is 44.8 Å². The van der Waals surface area contributed by atoms with Gasteiger partial charge >= 0.3 is 0 Å². The van der Waals surface area contributed by atoms with Gasteiger partial charge in [-0.3, -0.25) is 4.79 Å². The van der Waals surface area contributed by atoms with Crippen molar-refractivity contribution in [2.75, 3.05) is 0 Å². The van der Waals surface area contributed by atoms with Gasteiger partial charge in [0, 0.05) is 21.2 Å². The molecule has 4 aromatic heterocycles. The average Bonchev–Trinajstić information content (AvgIpc) is 3.01. The van der Waals surface area contributed by atoms with Gasteiger partial charge in [-0.25, -0.2) is 5.10 Å². The highest BCUT2D eigenvalue weighted by Gasteiger charge is 2.21. The normalized spacial score (nSPS) is 10.8. The molecule has 0 spiro atoms. The van der Waals surface area contributed by atoms with Gasteiger partial charge in [-0.2, -0.15) is 10.2 Å². The van der Waals surface area contributed by atoms with Crippen LogP contribution in [-0.2, 0) is 0 Å². The van der Waals surface area contributed by atoms with Crippen LogP contribution in [0.25, 0.3) is 44.8 Å². The van der Waals surface area contributed by atoms with E-state index >= 15 is 0 Å². The minimum absolute atomic E-state index is 0.264. The van der Waals surface area contributed by atoms with Crippen LogP contribution in [-0.4, -0.2) is 40.8 Å². The molecular weight excluding hydrogens is 690 g/mol. The summed E-state index contributed by atoms with van der Waals surface area (Å²) in [6.07, 6.45) is 0. The van der Waals surface area contributed by atoms with Crippen molar-refractivity contribution in [2.45, 2.75) is 27.7 Å². The Morgan fingerprint density at radius 1 is 0.522 bits per heavy atom. The van der Waals surface area contributed by atoms with E-state index in [1.54, 1.807) is 24.3 Å². The summed E-state index contributed by atoms with van der Waals surface area (Å²) in [6, 6.07) is 18.1. The number of aromatic nitrogens is 8. The van der Waals surface area contributed by atoms with Crippen molar-refractivity contribution in [3.05, 3.63) is 119 Å². The van der Waals surface area contributed by atoms with Crippen LogP contribution in [0.2, 0.25) is 25.5 Å². The number of benzene rings is 2. The zero-order chi connectivity index (χ0) is 33.1. The summed E-state index contributed by atoms with van der Waals surface area (Å²) in [5, 5.41) is 32.9. The van der Waals surface area contributed by atoms with Crippen molar-refractivity contribution >= 4 is 58.0 Å². The Morgan fingerprint density at radius 3 is 1.46 bits per heavy atom. The topological polar surface area (TPSA) is 123 Å². The van der Waals surface area contributed by atoms with E-state index in [1.807, 2.05) is 64.1 Å². The first-order valence-corrected chi connectivity index (χ1v) is 15.5. The first-order chi connectivity index (χ1) is 21.9. The summed E-state index contributed by atoms with van der Waals surface area (Å²) in [6.45, 7) is 7.42. The minimum Gasteiger partial charge on any atom is -0.267 e. The monoisotopic (exact) mass is 710 g/mol. The molecule has 0 aliphatic heterocycles. The second-order valence-electron chi connectivity index (χ2n) is 10.1. The van der Waals surface area contributed by atoms with Gasteiger partial charge in [-0.1, -0.05) is 82.3 Å². The van der Waals surface area contributed by atoms with Crippen molar-refractivity contribution in [3.63, 3.8) is 0 Å². The summed E-state index contributed by atoms with van der Waals surface area (Å²) in [5.41, 5.74) is 8.21. The van der Waals surface area contributed by atoms with Gasteiger partial charge < -0.3 is 0 Å². The van der Waals surface area contributed by atoms with Crippen molar-refractivity contribution in [1.29, 1.82) is 0 Å². The Balaban J connectivity index is 0.000000181. The predicted octanol–water partition coefficient (Wildman–Crippen LogP) is 9.00. The molecule has 0 bridgehead atoms. The molecule has 1 N–H and O–H groups in total. The Morgan fingerprint density at radius 2 is 0.978 bits per heavy atom. The summed E-state index contributed by atoms with van der Waals surface area (Å²) in [7, 11) is 0. The number of nitrogens with zero attached hydrogens (tertiary/aromatic N) is 7. The van der Waals surface area contributed by atoms with E-state index in [0.29, 0.717) is 49.0 Å². The van der Waals surface area contributed by atoms with Gasteiger partial charge in [0.2, 0.25) is 0 Å². The first-order valence-electron chi connectivity index (χ1n) is 13.6. The van der Waals surface area contributed by atoms with E-state index in [0.717, 1.165) is 33.5 Å². The highest BCUT2D eigenvalue weighted by atomic mass is 35.5. The maximum atomic E-state index is 12.4. The van der Waals surface area contributed by atoms with Crippen LogP contribution in [0.4, 0.5) is 0 Å². The number of halogens is 5. The largest absolute Gasteiger partial charge is 0.274 e. The molecule has 46 heavy (non-hydrogen) atoms. The lowest BCUT2D eigenvalue weighted by Gasteiger charge is -2.14. The maximum absolute atomic E-state index is 12.4. The Kier molecular flexibility index (Phi) is 10.3. The van der Waals surface area contributed by atoms with Crippen LogP contribution in [0.15, 0.2) is 65.5 Å². The van der Waals surface area contributed by atoms with E-state index in [2.05, 4.69) is 40.8 Å². The maximum Gasteiger partial charge on any atom is 0.274 e. The van der Waals surface area contributed by atoms with Crippen molar-refractivity contribution in [2.24, 2.45) is 0 Å². The first kappa shape index (κ1) is 33.4. The van der Waals surface area contributed by atoms with Gasteiger partial charge in [0.1, 0.15) is 5.69 Å². The predicted molar refractivity (Wildman–Crippen MR) is 184 cm³/mol. The highest BCUT2D eigenvalue weighted by Crippen LogP contribution is 2.38. The number of hydrogen-bond acceptors (Lipinski definition) is 8. The molecule has 0 radical (unpaired) electrons. The van der Waals surface area contributed by atoms with Crippen LogP contribution >= 0.6 is 58.0 Å². The molecule has 232 valence electrons. The SMILES string of the molecule is Cc1cc(Cl)nnc1-c1c(-c2ccc(Cl)cc2)c(C)n[nH]c1=O.Cc1cc(Cl)nnc1-c1c(Cl)nnc(C)c1-c1ccc(Cl)cc1. The molecule has 0 aliphatic carbocycles. The Bertz CT molecular complexity index is 2120. The summed E-state index contributed by atoms with van der Waals surface area (Å²) in [4.78, 5) is 12.4. The molecular formula is C32H23Cl5N8O. The zero-order valence-electron chi connectivity index (χ0n) is 24.7. The van der Waals surface area contributed by atoms with Crippen molar-refractivity contribution in [1.82, 2.24) is 40.8 Å². The van der Waals surface area contributed by atoms with Gasteiger partial charge in [-0.05, 0) is 86.3 Å². The molecule has 6 rings (SSSR count). The standard InChI is InChI=1S/C16H11Cl3N4.C16H12Cl2N4O/c1-8-7-12(18)21-22-15(8)14-13(9(2)20-23-16(14)19)10-3-5-11(17)6-4-10;1-8-7-12(18)20-21-15(8)14-13(9(2)19-22-16(14)23)10-3-5-11(17)6-4-10/h3-7H,1-2H3;3-7H,1-2H3,(H,22,23). The van der Waals surface area contributed by atoms with E-state index in [9.17, 15) is 4.79 Å². The molecule has 0 unspecified atom stereocenters. The van der Waals surface area contributed by atoms with Crippen LogP contribution in [0.1, 0.15) is 22.5 Å². The molecule has 0 fully saturated rings. The molecule has 0 aliphatic rings. The molecule has 0 atom stereocenters. The number of nitrogens with one attached hydrogen (secondary N) is 1. The number of aryl methyl sites for hydroxylation is 4. The number of aromatic amines is 1. The lowest BCUT2D eigenvalue weighted by Crippen LogP contribution is -2.15. The number of rotatable bonds is 4. The third-order valence-electron chi connectivity index (χ3n) is 6.92. The smallest absolute Gasteiger partial charge is 0.267 e. The Hall–Kier alpha value is -3.99. The summed E-state index contributed by atoms with van der Waals surface area (Å²) < 4.78 is 0. The molecule has 2 aromatic carbocycles. The van der Waals surface area contributed by atoms with Crippen LogP contribution in [0, 0.1) is 27.7 Å². The zero-order valence-corrected chi connectivity index (χ0v) is 28.5. The van der Waals surface area contributed by atoms with Crippen LogP contribution in [0.5, 0.6) is 0 Å². The lowest BCUT2D eigenvalue weighted by atomic mass is 9.96. The number of H-pyrrole nitrogens is 1. The molecule has 14 heteroatoms. The van der Waals surface area contributed by atoms with Gasteiger partial charge in [0.25, 0.3) is 5.56 Å². The fourth-order valence-corrected chi connectivity index (χ4v) is 5.70. The average molecular weight is 713 g/mol. The summed E-state index contributed by atoms with van der Waals surface area (Å²) in [5.74, 6) is 0. The van der Waals surface area contributed by atoms with Gasteiger partial charge in [0.05, 0.1) is 28.2 Å². The molecule has 4 heterocycles. The van der Waals surface area contributed by atoms with E-state index in [4.69, 9.17) is 58.0 Å². The van der Waals surface area contributed by atoms with Crippen LogP contribution < -0.4 is 5.56 Å². The van der Waals surface area contributed by atoms with Crippen molar-refractivity contribution < 1.29 is 0 Å². The second-order valence-corrected chi connectivity index (χ2v) is 12.1. The quantitative estimate of drug-likeness (QED) is 0.192. The fraction of sp³-hybridized carbons (Fsp3) is 0.125. The minimum atomic E-state index is -0.333.